The lowest BCUT2D eigenvalue weighted by molar-refractivity contribution is -0.238. The van der Waals surface area contributed by atoms with E-state index in [1.807, 2.05) is 0 Å². The van der Waals surface area contributed by atoms with Crippen LogP contribution in [0.4, 0.5) is 4.39 Å². The van der Waals surface area contributed by atoms with Crippen LogP contribution in [0.15, 0.2) is 54.7 Å². The molecule has 2 aliphatic heterocycles. The van der Waals surface area contributed by atoms with Crippen LogP contribution < -0.4 is 0 Å². The minimum absolute atomic E-state index is 0.00709. The van der Waals surface area contributed by atoms with Crippen LogP contribution in [0.2, 0.25) is 10.0 Å². The van der Waals surface area contributed by atoms with Gasteiger partial charge in [-0.1, -0.05) is 47.5 Å². The second-order valence-electron chi connectivity index (χ2n) is 12.1. The number of halogens is 3. The van der Waals surface area contributed by atoms with Gasteiger partial charge in [-0.2, -0.15) is 9.65 Å². The van der Waals surface area contributed by atoms with Gasteiger partial charge < -0.3 is 14.7 Å². The van der Waals surface area contributed by atoms with Gasteiger partial charge in [-0.15, -0.1) is 0 Å². The Balaban J connectivity index is 1.53. The number of fused-ring (bicyclic) bond motifs is 1. The van der Waals surface area contributed by atoms with Gasteiger partial charge in [0.15, 0.2) is 0 Å². The summed E-state index contributed by atoms with van der Waals surface area (Å²) in [6.07, 6.45) is 5.01. The predicted molar refractivity (Wildman–Crippen MR) is 167 cm³/mol. The predicted octanol–water partition coefficient (Wildman–Crippen LogP) is 6.59. The molecule has 3 aliphatic rings. The first-order valence-corrected chi connectivity index (χ1v) is 15.8. The molecule has 2 unspecified atom stereocenters. The average molecular weight is 652 g/mol. The fraction of sp³-hybridized carbons (Fsp3) is 0.412. The van der Waals surface area contributed by atoms with Gasteiger partial charge in [-0.25, -0.2) is 0 Å². The van der Waals surface area contributed by atoms with Crippen molar-refractivity contribution in [1.29, 1.82) is 5.26 Å². The number of piperidine rings is 1. The fourth-order valence-corrected chi connectivity index (χ4v) is 6.84. The number of aliphatic hydroxyl groups excluding tert-OH is 1. The van der Waals surface area contributed by atoms with E-state index in [9.17, 15) is 20.0 Å². The highest BCUT2D eigenvalue weighted by Crippen LogP contribution is 2.52. The number of likely N-dealkylation sites (tertiary alicyclic amines) is 1. The topological polar surface area (TPSA) is 107 Å². The molecule has 8 nitrogen and oxygen atoms in total. The quantitative estimate of drug-likeness (QED) is 0.262. The number of carbonyl (C=O) groups is 2. The molecule has 2 amide bonds. The number of pyridine rings is 1. The number of nitriles is 1. The maximum Gasteiger partial charge on any atom is 0.321 e. The molecule has 0 spiro atoms. The van der Waals surface area contributed by atoms with Crippen molar-refractivity contribution in [3.63, 3.8) is 0 Å². The van der Waals surface area contributed by atoms with E-state index in [-0.39, 0.29) is 42.8 Å². The summed E-state index contributed by atoms with van der Waals surface area (Å²) in [5, 5.41) is 21.4. The molecule has 1 N–H and O–H groups in total. The molecule has 234 valence electrons. The molecule has 0 radical (unpaired) electrons. The number of hydrogen-bond donors (Lipinski definition) is 1. The van der Waals surface area contributed by atoms with E-state index in [1.165, 1.54) is 19.2 Å². The summed E-state index contributed by atoms with van der Waals surface area (Å²) in [6.45, 7) is 1.39. The highest BCUT2D eigenvalue weighted by atomic mass is 35.5. The van der Waals surface area contributed by atoms with Crippen molar-refractivity contribution < 1.29 is 23.8 Å². The van der Waals surface area contributed by atoms with Crippen LogP contribution >= 0.6 is 23.2 Å². The zero-order valence-electron chi connectivity index (χ0n) is 24.8. The first-order chi connectivity index (χ1) is 21.6. The van der Waals surface area contributed by atoms with Crippen molar-refractivity contribution in [2.24, 2.45) is 5.41 Å². The lowest BCUT2D eigenvalue weighted by atomic mass is 9.79. The van der Waals surface area contributed by atoms with E-state index in [0.29, 0.717) is 58.2 Å². The molecule has 1 aromatic heterocycles. The Kier molecular flexibility index (Phi) is 8.61. The van der Waals surface area contributed by atoms with Crippen molar-refractivity contribution in [3.05, 3.63) is 87.2 Å². The number of ether oxygens (including phenoxy) is 1. The number of rotatable bonds is 9. The summed E-state index contributed by atoms with van der Waals surface area (Å²) in [6, 6.07) is 15.3. The van der Waals surface area contributed by atoms with Crippen LogP contribution in [0.1, 0.15) is 72.1 Å². The number of aliphatic hydroxyl groups is 1. The number of aromatic nitrogens is 1. The number of hydrogen-bond acceptors (Lipinski definition) is 6. The molecule has 11 heteroatoms. The normalized spacial score (nSPS) is 22.6. The molecule has 2 fully saturated rings. The standard InChI is InChI=1S/C34H33Cl2FN4O4/c1-21(43)40-15-3-2-4-29(40)27(18-42)26-11-12-28-31(30(26)22-5-7-23(35)8-6-22)32(44)41(17-25-10-9-24(36)16-39-25)34(28,37)45-20-33(19-38)13-14-33/h5-12,16,27,29,42H,2-4,13-15,17-18,20H2,1H3/t27?,29?,34-/m1/s1. The first kappa shape index (κ1) is 31.4. The van der Waals surface area contributed by atoms with Crippen LogP contribution in [0.5, 0.6) is 0 Å². The monoisotopic (exact) mass is 650 g/mol. The Morgan fingerprint density at radius 1 is 1.13 bits per heavy atom. The first-order valence-electron chi connectivity index (χ1n) is 15.1. The van der Waals surface area contributed by atoms with Gasteiger partial charge in [0, 0.05) is 36.6 Å². The largest absolute Gasteiger partial charge is 0.396 e. The second kappa shape index (κ2) is 12.3. The Bertz CT molecular complexity index is 1660. The van der Waals surface area contributed by atoms with Crippen molar-refractivity contribution in [3.8, 4) is 17.2 Å². The summed E-state index contributed by atoms with van der Waals surface area (Å²) in [5.41, 5.74) is 1.37. The molecule has 3 heterocycles. The van der Waals surface area contributed by atoms with Gasteiger partial charge in [0.25, 0.3) is 5.91 Å². The smallest absolute Gasteiger partial charge is 0.321 e. The van der Waals surface area contributed by atoms with Crippen LogP contribution in [-0.2, 0) is 22.1 Å². The highest BCUT2D eigenvalue weighted by molar-refractivity contribution is 6.30. The lowest BCUT2D eigenvalue weighted by Crippen LogP contribution is -2.46. The van der Waals surface area contributed by atoms with Crippen molar-refractivity contribution in [1.82, 2.24) is 14.8 Å². The molecule has 1 saturated carbocycles. The van der Waals surface area contributed by atoms with Crippen LogP contribution in [0.3, 0.4) is 0 Å². The number of amides is 2. The highest BCUT2D eigenvalue weighted by Gasteiger charge is 2.56. The third-order valence-electron chi connectivity index (χ3n) is 9.26. The summed E-state index contributed by atoms with van der Waals surface area (Å²) < 4.78 is 23.5. The molecular formula is C34H33Cl2FN4O4. The number of alkyl halides is 1. The van der Waals surface area contributed by atoms with Gasteiger partial charge in [-0.3, -0.25) is 19.5 Å². The Morgan fingerprint density at radius 3 is 2.49 bits per heavy atom. The van der Waals surface area contributed by atoms with Crippen LogP contribution in [-0.4, -0.2) is 57.5 Å². The maximum absolute atomic E-state index is 17.6. The zero-order chi connectivity index (χ0) is 31.9. The molecule has 0 bridgehead atoms. The van der Waals surface area contributed by atoms with Crippen LogP contribution in [0.25, 0.3) is 11.1 Å². The Hall–Kier alpha value is -3.55. The Morgan fingerprint density at radius 2 is 1.87 bits per heavy atom. The molecule has 45 heavy (non-hydrogen) atoms. The van der Waals surface area contributed by atoms with E-state index in [0.717, 1.165) is 17.7 Å². The van der Waals surface area contributed by atoms with Gasteiger partial charge in [-0.05, 0) is 73.1 Å². The van der Waals surface area contributed by atoms with Crippen LogP contribution in [0, 0.1) is 16.7 Å². The van der Waals surface area contributed by atoms with E-state index >= 15 is 4.39 Å². The van der Waals surface area contributed by atoms with Crippen molar-refractivity contribution in [2.45, 2.75) is 63.5 Å². The number of nitrogens with zero attached hydrogens (tertiary/aromatic N) is 4. The van der Waals surface area contributed by atoms with Gasteiger partial charge in [0.2, 0.25) is 5.91 Å². The summed E-state index contributed by atoms with van der Waals surface area (Å²) in [7, 11) is 0. The van der Waals surface area contributed by atoms with E-state index in [4.69, 9.17) is 27.9 Å². The third-order valence-corrected chi connectivity index (χ3v) is 9.74. The minimum atomic E-state index is -2.70. The summed E-state index contributed by atoms with van der Waals surface area (Å²) in [5.74, 6) is -3.97. The van der Waals surface area contributed by atoms with Crippen molar-refractivity contribution >= 4 is 35.0 Å². The van der Waals surface area contributed by atoms with E-state index in [2.05, 4.69) is 11.1 Å². The molecule has 3 aromatic rings. The number of carbonyl (C=O) groups excluding carboxylic acids is 2. The third kappa shape index (κ3) is 5.81. The van der Waals surface area contributed by atoms with Gasteiger partial charge >= 0.3 is 5.98 Å². The SMILES string of the molecule is CC(=O)N1CCCCC1C(CO)c1ccc2c(c1-c1ccc(Cl)cc1)C(=O)N(Cc1ccc(Cl)cn1)[C@@]2(F)OCC1(C#N)CC1. The summed E-state index contributed by atoms with van der Waals surface area (Å²) >= 11 is 12.3. The Labute approximate surface area is 271 Å². The maximum atomic E-state index is 17.6. The molecule has 6 rings (SSSR count). The summed E-state index contributed by atoms with van der Waals surface area (Å²) in [4.78, 5) is 34.2. The van der Waals surface area contributed by atoms with E-state index < -0.39 is 23.2 Å². The van der Waals surface area contributed by atoms with Gasteiger partial charge in [0.1, 0.15) is 0 Å². The average Bonchev–Trinajstić information content (AvgIpc) is 3.80. The van der Waals surface area contributed by atoms with Crippen molar-refractivity contribution in [2.75, 3.05) is 19.8 Å². The molecule has 1 aliphatic carbocycles. The minimum Gasteiger partial charge on any atom is -0.396 e. The number of benzene rings is 2. The lowest BCUT2D eigenvalue weighted by Gasteiger charge is -2.40. The van der Waals surface area contributed by atoms with E-state index in [1.54, 1.807) is 47.4 Å². The second-order valence-corrected chi connectivity index (χ2v) is 13.0. The zero-order valence-corrected chi connectivity index (χ0v) is 26.3. The fourth-order valence-electron chi connectivity index (χ4n) is 6.60. The molecule has 3 atom stereocenters. The molecule has 1 saturated heterocycles. The molecule has 2 aromatic carbocycles. The van der Waals surface area contributed by atoms with Gasteiger partial charge in [0.05, 0.1) is 53.1 Å². The molecular weight excluding hydrogens is 618 g/mol.